The molecule has 1 heterocycles. The van der Waals surface area contributed by atoms with Gasteiger partial charge in [0.15, 0.2) is 0 Å². The van der Waals surface area contributed by atoms with Gasteiger partial charge in [0.05, 0.1) is 6.54 Å². The molecule has 1 aromatic carbocycles. The van der Waals surface area contributed by atoms with E-state index in [1.807, 2.05) is 48.7 Å². The lowest BCUT2D eigenvalue weighted by atomic mass is 10.1. The summed E-state index contributed by atoms with van der Waals surface area (Å²) in [5.74, 6) is -0.262. The van der Waals surface area contributed by atoms with E-state index in [1.54, 1.807) is 23.1 Å². The first-order chi connectivity index (χ1) is 13.8. The highest BCUT2D eigenvalue weighted by Gasteiger charge is 2.35. The number of halogens is 2. The average Bonchev–Trinajstić information content (AvgIpc) is 3.44. The Morgan fingerprint density at radius 2 is 1.86 bits per heavy atom. The smallest absolute Gasteiger partial charge is 0.254 e. The lowest BCUT2D eigenvalue weighted by molar-refractivity contribution is -0.133. The highest BCUT2D eigenvalue weighted by atomic mass is 35.5. The van der Waals surface area contributed by atoms with Crippen molar-refractivity contribution < 1.29 is 9.59 Å². The van der Waals surface area contributed by atoms with Crippen molar-refractivity contribution in [3.05, 3.63) is 57.8 Å². The van der Waals surface area contributed by atoms with Crippen molar-refractivity contribution in [1.29, 1.82) is 0 Å². The van der Waals surface area contributed by atoms with E-state index < -0.39 is 0 Å². The Kier molecular flexibility index (Phi) is 6.91. The molecule has 3 rings (SSSR count). The fraction of sp³-hybridized carbons (Fsp3) is 0.455. The van der Waals surface area contributed by atoms with Crippen LogP contribution in [0, 0.1) is 0 Å². The molecule has 0 aliphatic heterocycles. The van der Waals surface area contributed by atoms with Crippen molar-refractivity contribution in [2.24, 2.45) is 7.05 Å². The van der Waals surface area contributed by atoms with E-state index in [-0.39, 0.29) is 30.4 Å². The molecule has 0 saturated heterocycles. The Hall–Kier alpha value is -1.98. The number of aryl methyl sites for hydroxylation is 1. The molecule has 1 unspecified atom stereocenters. The van der Waals surface area contributed by atoms with Crippen molar-refractivity contribution in [2.75, 3.05) is 6.54 Å². The van der Waals surface area contributed by atoms with Crippen LogP contribution in [-0.2, 0) is 18.4 Å². The van der Waals surface area contributed by atoms with Crippen LogP contribution in [0.5, 0.6) is 0 Å². The number of carbonyl (C=O) groups is 2. The van der Waals surface area contributed by atoms with E-state index in [4.69, 9.17) is 23.2 Å². The first-order valence-corrected chi connectivity index (χ1v) is 10.7. The molecular weight excluding hydrogens is 409 g/mol. The zero-order chi connectivity index (χ0) is 21.1. The standard InChI is InChI=1S/C22H27Cl2N3O2/c1-4-15(2)26(22(29)16-10-17(23)12-18(24)11-16)14-21(28)27(19-7-8-19)13-20-6-5-9-25(20)3/h5-6,9-12,15,19H,4,7-8,13-14H2,1-3H3. The number of benzene rings is 1. The van der Waals surface area contributed by atoms with Crippen molar-refractivity contribution in [3.63, 3.8) is 0 Å². The van der Waals surface area contributed by atoms with Crippen LogP contribution in [-0.4, -0.2) is 44.8 Å². The van der Waals surface area contributed by atoms with E-state index in [9.17, 15) is 9.59 Å². The Morgan fingerprint density at radius 3 is 2.38 bits per heavy atom. The summed E-state index contributed by atoms with van der Waals surface area (Å²) in [6, 6.07) is 8.95. The van der Waals surface area contributed by atoms with Crippen molar-refractivity contribution >= 4 is 35.0 Å². The van der Waals surface area contributed by atoms with Gasteiger partial charge in [0.25, 0.3) is 5.91 Å². The van der Waals surface area contributed by atoms with Gasteiger partial charge in [-0.05, 0) is 56.5 Å². The van der Waals surface area contributed by atoms with Crippen molar-refractivity contribution in [3.8, 4) is 0 Å². The molecule has 1 aliphatic carbocycles. The number of amides is 2. The largest absolute Gasteiger partial charge is 0.353 e. The summed E-state index contributed by atoms with van der Waals surface area (Å²) in [5, 5.41) is 0.805. The Balaban J connectivity index is 1.80. The predicted molar refractivity (Wildman–Crippen MR) is 116 cm³/mol. The molecule has 156 valence electrons. The zero-order valence-corrected chi connectivity index (χ0v) is 18.6. The predicted octanol–water partition coefficient (Wildman–Crippen LogP) is 4.76. The zero-order valence-electron chi connectivity index (χ0n) is 17.1. The Bertz CT molecular complexity index is 872. The molecule has 0 bridgehead atoms. The maximum absolute atomic E-state index is 13.2. The fourth-order valence-corrected chi connectivity index (χ4v) is 3.90. The van der Waals surface area contributed by atoms with Crippen LogP contribution in [0.15, 0.2) is 36.5 Å². The molecule has 2 amide bonds. The Morgan fingerprint density at radius 1 is 1.21 bits per heavy atom. The minimum absolute atomic E-state index is 0.0320. The van der Waals surface area contributed by atoms with Gasteiger partial charge in [-0.1, -0.05) is 30.1 Å². The van der Waals surface area contributed by atoms with Crippen molar-refractivity contribution in [1.82, 2.24) is 14.4 Å². The first kappa shape index (κ1) is 21.7. The number of rotatable bonds is 8. The molecule has 0 N–H and O–H groups in total. The lowest BCUT2D eigenvalue weighted by Gasteiger charge is -2.31. The molecule has 5 nitrogen and oxygen atoms in total. The van der Waals surface area contributed by atoms with Gasteiger partial charge in [-0.3, -0.25) is 9.59 Å². The van der Waals surface area contributed by atoms with Crippen LogP contribution >= 0.6 is 23.2 Å². The van der Waals surface area contributed by atoms with Gasteiger partial charge >= 0.3 is 0 Å². The second kappa shape index (κ2) is 9.23. The van der Waals surface area contributed by atoms with Crippen LogP contribution in [0.4, 0.5) is 0 Å². The van der Waals surface area contributed by atoms with Crippen LogP contribution in [0.1, 0.15) is 49.2 Å². The highest BCUT2D eigenvalue weighted by Crippen LogP contribution is 2.29. The minimum atomic E-state index is -0.230. The SMILES string of the molecule is CCC(C)N(CC(=O)N(Cc1cccn1C)C1CC1)C(=O)c1cc(Cl)cc(Cl)c1. The molecule has 29 heavy (non-hydrogen) atoms. The molecule has 7 heteroatoms. The summed E-state index contributed by atoms with van der Waals surface area (Å²) in [6.45, 7) is 4.55. The maximum atomic E-state index is 13.2. The third-order valence-electron chi connectivity index (χ3n) is 5.49. The fourth-order valence-electron chi connectivity index (χ4n) is 3.37. The number of nitrogens with zero attached hydrogens (tertiary/aromatic N) is 3. The molecule has 2 aromatic rings. The molecule has 1 fully saturated rings. The summed E-state index contributed by atoms with van der Waals surface area (Å²) in [7, 11) is 1.97. The number of carbonyl (C=O) groups excluding carboxylic acids is 2. The first-order valence-electron chi connectivity index (χ1n) is 9.97. The minimum Gasteiger partial charge on any atom is -0.353 e. The normalized spacial score (nSPS) is 14.5. The summed E-state index contributed by atoms with van der Waals surface area (Å²) >= 11 is 12.2. The number of aromatic nitrogens is 1. The summed E-state index contributed by atoms with van der Waals surface area (Å²) in [4.78, 5) is 30.0. The van der Waals surface area contributed by atoms with Crippen LogP contribution in [0.3, 0.4) is 0 Å². The topological polar surface area (TPSA) is 45.6 Å². The van der Waals surface area contributed by atoms with E-state index in [0.29, 0.717) is 22.2 Å². The molecule has 1 aromatic heterocycles. The van der Waals surface area contributed by atoms with Gasteiger partial charge in [-0.2, -0.15) is 0 Å². The molecule has 1 atom stereocenters. The summed E-state index contributed by atoms with van der Waals surface area (Å²) < 4.78 is 2.02. The highest BCUT2D eigenvalue weighted by molar-refractivity contribution is 6.35. The quantitative estimate of drug-likeness (QED) is 0.599. The van der Waals surface area contributed by atoms with Gasteiger partial charge < -0.3 is 14.4 Å². The van der Waals surface area contributed by atoms with Gasteiger partial charge in [0.2, 0.25) is 5.91 Å². The van der Waals surface area contributed by atoms with Gasteiger partial charge in [-0.15, -0.1) is 0 Å². The van der Waals surface area contributed by atoms with E-state index in [1.165, 1.54) is 0 Å². The van der Waals surface area contributed by atoms with E-state index in [0.717, 1.165) is 25.0 Å². The van der Waals surface area contributed by atoms with Gasteiger partial charge in [0, 0.05) is 46.6 Å². The van der Waals surface area contributed by atoms with E-state index >= 15 is 0 Å². The second-order valence-electron chi connectivity index (χ2n) is 7.71. The van der Waals surface area contributed by atoms with Gasteiger partial charge in [-0.25, -0.2) is 0 Å². The summed E-state index contributed by atoms with van der Waals surface area (Å²) in [5.41, 5.74) is 1.48. The monoisotopic (exact) mass is 435 g/mol. The number of hydrogen-bond acceptors (Lipinski definition) is 2. The van der Waals surface area contributed by atoms with E-state index in [2.05, 4.69) is 0 Å². The molecular formula is C22H27Cl2N3O2. The summed E-state index contributed by atoms with van der Waals surface area (Å²) in [6.07, 6.45) is 4.74. The Labute approximate surface area is 182 Å². The molecule has 1 aliphatic rings. The maximum Gasteiger partial charge on any atom is 0.254 e. The second-order valence-corrected chi connectivity index (χ2v) is 8.58. The average molecular weight is 436 g/mol. The van der Waals surface area contributed by atoms with Crippen LogP contribution in [0.2, 0.25) is 10.0 Å². The molecule has 1 saturated carbocycles. The van der Waals surface area contributed by atoms with Crippen LogP contribution in [0.25, 0.3) is 0 Å². The third kappa shape index (κ3) is 5.34. The van der Waals surface area contributed by atoms with Crippen LogP contribution < -0.4 is 0 Å². The lowest BCUT2D eigenvalue weighted by Crippen LogP contribution is -2.47. The third-order valence-corrected chi connectivity index (χ3v) is 5.93. The van der Waals surface area contributed by atoms with Gasteiger partial charge in [0.1, 0.15) is 6.54 Å². The van der Waals surface area contributed by atoms with Crippen molar-refractivity contribution in [2.45, 2.75) is 51.7 Å². The molecule has 0 spiro atoms. The number of hydrogen-bond donors (Lipinski definition) is 0. The molecule has 0 radical (unpaired) electrons.